The summed E-state index contributed by atoms with van der Waals surface area (Å²) in [5, 5.41) is 17.3. The van der Waals surface area contributed by atoms with Crippen molar-refractivity contribution in [1.29, 1.82) is 10.5 Å². The van der Waals surface area contributed by atoms with Gasteiger partial charge < -0.3 is 4.74 Å². The summed E-state index contributed by atoms with van der Waals surface area (Å²) in [6, 6.07) is 9.27. The van der Waals surface area contributed by atoms with Crippen LogP contribution in [0.25, 0.3) is 0 Å². The van der Waals surface area contributed by atoms with Crippen molar-refractivity contribution < 1.29 is 9.53 Å². The van der Waals surface area contributed by atoms with E-state index in [9.17, 15) is 4.79 Å². The van der Waals surface area contributed by atoms with Crippen LogP contribution in [0.2, 0.25) is 0 Å². The Bertz CT molecular complexity index is 553. The zero-order valence-corrected chi connectivity index (χ0v) is 10.4. The lowest BCUT2D eigenvalue weighted by Gasteiger charge is -2.14. The van der Waals surface area contributed by atoms with Crippen LogP contribution in [0.5, 0.6) is 5.75 Å². The normalized spacial score (nSPS) is 12.4. The van der Waals surface area contributed by atoms with Crippen molar-refractivity contribution in [2.75, 3.05) is 26.2 Å². The number of rotatable bonds is 5. The molecule has 0 saturated carbocycles. The fourth-order valence-corrected chi connectivity index (χ4v) is 2.02. The van der Waals surface area contributed by atoms with E-state index in [1.54, 1.807) is 12.1 Å². The van der Waals surface area contributed by atoms with Crippen molar-refractivity contribution in [3.8, 4) is 17.9 Å². The van der Waals surface area contributed by atoms with Gasteiger partial charge in [0, 0.05) is 12.0 Å². The highest BCUT2D eigenvalue weighted by Gasteiger charge is 2.16. The van der Waals surface area contributed by atoms with Gasteiger partial charge in [-0.3, -0.25) is 9.69 Å². The van der Waals surface area contributed by atoms with E-state index in [4.69, 9.17) is 15.3 Å². The number of benzene rings is 1. The average Bonchev–Trinajstić information content (AvgIpc) is 2.86. The van der Waals surface area contributed by atoms with Gasteiger partial charge in [-0.15, -0.1) is 0 Å². The van der Waals surface area contributed by atoms with Crippen molar-refractivity contribution in [3.05, 3.63) is 29.3 Å². The highest BCUT2D eigenvalue weighted by molar-refractivity contribution is 5.98. The third-order valence-electron chi connectivity index (χ3n) is 2.97. The molecule has 0 atom stereocenters. The lowest BCUT2D eigenvalue weighted by atomic mass is 10.1. The second-order valence-electron chi connectivity index (χ2n) is 4.31. The zero-order valence-electron chi connectivity index (χ0n) is 10.4. The minimum absolute atomic E-state index is 0.0767. The minimum Gasteiger partial charge on any atom is -0.493 e. The van der Waals surface area contributed by atoms with Crippen molar-refractivity contribution in [2.24, 2.45) is 0 Å². The predicted octanol–water partition coefficient (Wildman–Crippen LogP) is 1.15. The van der Waals surface area contributed by atoms with Gasteiger partial charge in [-0.05, 0) is 23.8 Å². The number of carbonyl (C=O) groups is 1. The number of ketones is 1. The Morgan fingerprint density at radius 2 is 2.05 bits per heavy atom. The van der Waals surface area contributed by atoms with E-state index in [1.165, 1.54) is 4.90 Å². The van der Waals surface area contributed by atoms with E-state index >= 15 is 0 Å². The molecule has 0 radical (unpaired) electrons. The molecular weight excluding hydrogens is 242 g/mol. The largest absolute Gasteiger partial charge is 0.493 e. The molecule has 0 saturated heterocycles. The van der Waals surface area contributed by atoms with Gasteiger partial charge in [-0.25, -0.2) is 0 Å². The molecule has 0 fully saturated rings. The Balaban J connectivity index is 2.07. The maximum atomic E-state index is 12.1. The number of Topliss-reactive ketones (excluding diaryl/α,β-unsaturated/α-hetero) is 1. The predicted molar refractivity (Wildman–Crippen MR) is 67.6 cm³/mol. The molecule has 1 aromatic rings. The first kappa shape index (κ1) is 13.1. The Kier molecular flexibility index (Phi) is 4.12. The Labute approximate surface area is 111 Å². The van der Waals surface area contributed by atoms with Crippen LogP contribution < -0.4 is 4.74 Å². The van der Waals surface area contributed by atoms with Gasteiger partial charge in [0.15, 0.2) is 5.78 Å². The Hall–Kier alpha value is -2.37. The summed E-state index contributed by atoms with van der Waals surface area (Å²) in [5.41, 5.74) is 1.64. The fourth-order valence-electron chi connectivity index (χ4n) is 2.02. The first-order chi connectivity index (χ1) is 9.24. The Morgan fingerprint density at radius 1 is 1.32 bits per heavy atom. The number of nitrogens with zero attached hydrogens (tertiary/aromatic N) is 3. The van der Waals surface area contributed by atoms with Crippen LogP contribution in [-0.2, 0) is 6.42 Å². The number of hydrogen-bond donors (Lipinski definition) is 0. The lowest BCUT2D eigenvalue weighted by Crippen LogP contribution is -2.30. The molecule has 1 heterocycles. The molecule has 5 heteroatoms. The highest BCUT2D eigenvalue weighted by Crippen LogP contribution is 2.26. The van der Waals surface area contributed by atoms with Crippen molar-refractivity contribution >= 4 is 5.78 Å². The SMILES string of the molecule is N#CCN(CC#N)CC(=O)c1ccc2c(c1)CCO2. The van der Waals surface area contributed by atoms with Crippen LogP contribution in [0.3, 0.4) is 0 Å². The van der Waals surface area contributed by atoms with Crippen molar-refractivity contribution in [1.82, 2.24) is 4.90 Å². The second kappa shape index (κ2) is 5.99. The molecule has 1 aliphatic heterocycles. The van der Waals surface area contributed by atoms with Crippen LogP contribution in [0.4, 0.5) is 0 Å². The number of ether oxygens (including phenoxy) is 1. The smallest absolute Gasteiger partial charge is 0.176 e. The molecule has 0 bridgehead atoms. The quantitative estimate of drug-likeness (QED) is 0.582. The monoisotopic (exact) mass is 255 g/mol. The summed E-state index contributed by atoms with van der Waals surface area (Å²) in [6.07, 6.45) is 0.816. The van der Waals surface area contributed by atoms with Gasteiger partial charge in [0.25, 0.3) is 0 Å². The standard InChI is InChI=1S/C14H13N3O2/c15-4-6-17(7-5-16)10-13(18)11-1-2-14-12(9-11)3-8-19-14/h1-2,9H,3,6-8,10H2. The summed E-state index contributed by atoms with van der Waals surface area (Å²) in [5.74, 6) is 0.752. The first-order valence-electron chi connectivity index (χ1n) is 6.00. The number of fused-ring (bicyclic) bond motifs is 1. The highest BCUT2D eigenvalue weighted by atomic mass is 16.5. The van der Waals surface area contributed by atoms with Gasteiger partial charge in [0.05, 0.1) is 38.4 Å². The molecule has 0 aromatic heterocycles. The third kappa shape index (κ3) is 3.09. The molecule has 1 aliphatic rings. The molecule has 1 aromatic carbocycles. The number of hydrogen-bond acceptors (Lipinski definition) is 5. The van der Waals surface area contributed by atoms with Gasteiger partial charge in [-0.1, -0.05) is 0 Å². The van der Waals surface area contributed by atoms with Crippen LogP contribution in [-0.4, -0.2) is 36.9 Å². The molecule has 0 unspecified atom stereocenters. The molecule has 0 N–H and O–H groups in total. The summed E-state index contributed by atoms with van der Waals surface area (Å²) in [4.78, 5) is 13.6. The molecule has 5 nitrogen and oxygen atoms in total. The van der Waals surface area contributed by atoms with E-state index < -0.39 is 0 Å². The van der Waals surface area contributed by atoms with Gasteiger partial charge in [-0.2, -0.15) is 10.5 Å². The second-order valence-corrected chi connectivity index (χ2v) is 4.31. The third-order valence-corrected chi connectivity index (χ3v) is 2.97. The molecular formula is C14H13N3O2. The van der Waals surface area contributed by atoms with Crippen LogP contribution in [0.1, 0.15) is 15.9 Å². The average molecular weight is 255 g/mol. The Morgan fingerprint density at radius 3 is 2.74 bits per heavy atom. The summed E-state index contributed by atoms with van der Waals surface area (Å²) in [6.45, 7) is 0.892. The van der Waals surface area contributed by atoms with Crippen LogP contribution in [0.15, 0.2) is 18.2 Å². The van der Waals surface area contributed by atoms with Crippen molar-refractivity contribution in [3.63, 3.8) is 0 Å². The van der Waals surface area contributed by atoms with Gasteiger partial charge in [0.1, 0.15) is 5.75 Å². The first-order valence-corrected chi connectivity index (χ1v) is 6.00. The number of nitriles is 2. The lowest BCUT2D eigenvalue weighted by molar-refractivity contribution is 0.0946. The van der Waals surface area contributed by atoms with E-state index in [2.05, 4.69) is 0 Å². The minimum atomic E-state index is -0.0831. The maximum Gasteiger partial charge on any atom is 0.176 e. The van der Waals surface area contributed by atoms with Crippen LogP contribution >= 0.6 is 0 Å². The molecule has 2 rings (SSSR count). The van der Waals surface area contributed by atoms with E-state index in [1.807, 2.05) is 18.2 Å². The molecule has 96 valence electrons. The summed E-state index contributed by atoms with van der Waals surface area (Å²) < 4.78 is 5.38. The molecule has 0 spiro atoms. The maximum absolute atomic E-state index is 12.1. The zero-order chi connectivity index (χ0) is 13.7. The topological polar surface area (TPSA) is 77.1 Å². The van der Waals surface area contributed by atoms with E-state index in [0.717, 1.165) is 17.7 Å². The summed E-state index contributed by atoms with van der Waals surface area (Å²) in [7, 11) is 0. The van der Waals surface area contributed by atoms with Gasteiger partial charge in [0.2, 0.25) is 0 Å². The summed E-state index contributed by atoms with van der Waals surface area (Å²) >= 11 is 0. The molecule has 0 aliphatic carbocycles. The van der Waals surface area contributed by atoms with Crippen molar-refractivity contribution in [2.45, 2.75) is 6.42 Å². The molecule has 19 heavy (non-hydrogen) atoms. The molecule has 0 amide bonds. The van der Waals surface area contributed by atoms with E-state index in [-0.39, 0.29) is 25.4 Å². The van der Waals surface area contributed by atoms with Crippen LogP contribution in [0, 0.1) is 22.7 Å². The van der Waals surface area contributed by atoms with E-state index in [0.29, 0.717) is 12.2 Å². The fraction of sp³-hybridized carbons (Fsp3) is 0.357. The van der Waals surface area contributed by atoms with Gasteiger partial charge >= 0.3 is 0 Å². The number of carbonyl (C=O) groups excluding carboxylic acids is 1.